The van der Waals surface area contributed by atoms with Gasteiger partial charge >= 0.3 is 0 Å². The highest BCUT2D eigenvalue weighted by atomic mass is 15.1. The van der Waals surface area contributed by atoms with Crippen LogP contribution < -0.4 is 9.80 Å². The van der Waals surface area contributed by atoms with Crippen LogP contribution in [0.15, 0.2) is 206 Å². The van der Waals surface area contributed by atoms with Crippen molar-refractivity contribution in [2.24, 2.45) is 0 Å². The minimum absolute atomic E-state index is 0.0213. The molecule has 9 aromatic rings. The van der Waals surface area contributed by atoms with E-state index >= 15 is 0 Å². The lowest BCUT2D eigenvalue weighted by Gasteiger charge is -2.33. The molecule has 2 heteroatoms. The molecular weight excluding hydrogens is 773 g/mol. The number of nitrogens with zero attached hydrogens (tertiary/aromatic N) is 2. The van der Waals surface area contributed by atoms with Crippen LogP contribution in [-0.2, 0) is 10.8 Å². The molecule has 312 valence electrons. The number of rotatable bonds is 11. The second-order valence-corrected chi connectivity index (χ2v) is 17.7. The zero-order valence-corrected chi connectivity index (χ0v) is 37.4. The molecular formula is C62H54N2. The smallest absolute Gasteiger partial charge is 0.0540 e. The van der Waals surface area contributed by atoms with E-state index in [-0.39, 0.29) is 10.8 Å². The molecule has 0 fully saturated rings. The van der Waals surface area contributed by atoms with Gasteiger partial charge < -0.3 is 9.80 Å². The van der Waals surface area contributed by atoms with Gasteiger partial charge in [-0.1, -0.05) is 167 Å². The van der Waals surface area contributed by atoms with Crippen molar-refractivity contribution in [2.75, 3.05) is 9.80 Å². The summed E-state index contributed by atoms with van der Waals surface area (Å²) in [7, 11) is 0. The Morgan fingerprint density at radius 3 is 1.25 bits per heavy atom. The Morgan fingerprint density at radius 2 is 0.719 bits per heavy atom. The molecule has 2 aliphatic carbocycles. The van der Waals surface area contributed by atoms with E-state index in [2.05, 4.69) is 244 Å². The first-order valence-corrected chi connectivity index (χ1v) is 23.3. The van der Waals surface area contributed by atoms with Crippen molar-refractivity contribution in [3.05, 3.63) is 229 Å². The molecule has 0 unspecified atom stereocenters. The SMILES string of the molecule is CCC1(CC)c2ccccc2-c2ccc(N(c3ccc(-c4ccc(N(c5ccccc5)c5cccc6ccccc56)cc4)cc3)c3ccc4c(c3)C(CC)(CC)c3ccccc3-4)cc21. The topological polar surface area (TPSA) is 6.48 Å². The number of para-hydroxylation sites is 1. The van der Waals surface area contributed by atoms with E-state index in [9.17, 15) is 0 Å². The molecule has 2 aliphatic rings. The summed E-state index contributed by atoms with van der Waals surface area (Å²) in [6.45, 7) is 9.45. The summed E-state index contributed by atoms with van der Waals surface area (Å²) >= 11 is 0. The van der Waals surface area contributed by atoms with Crippen LogP contribution in [0.5, 0.6) is 0 Å². The third-order valence-corrected chi connectivity index (χ3v) is 15.0. The van der Waals surface area contributed by atoms with Gasteiger partial charge in [0.1, 0.15) is 0 Å². The summed E-state index contributed by atoms with van der Waals surface area (Å²) in [5.41, 5.74) is 20.6. The molecule has 0 bridgehead atoms. The van der Waals surface area contributed by atoms with Gasteiger partial charge in [0.05, 0.1) is 5.69 Å². The average Bonchev–Trinajstić information content (AvgIpc) is 3.81. The maximum atomic E-state index is 2.51. The van der Waals surface area contributed by atoms with Gasteiger partial charge in [0, 0.05) is 44.7 Å². The van der Waals surface area contributed by atoms with Crippen molar-refractivity contribution in [3.63, 3.8) is 0 Å². The van der Waals surface area contributed by atoms with E-state index in [1.165, 1.54) is 77.8 Å². The highest BCUT2D eigenvalue weighted by molar-refractivity contribution is 5.99. The van der Waals surface area contributed by atoms with Crippen molar-refractivity contribution in [1.29, 1.82) is 0 Å². The largest absolute Gasteiger partial charge is 0.310 e. The van der Waals surface area contributed by atoms with E-state index in [1.54, 1.807) is 0 Å². The van der Waals surface area contributed by atoms with Crippen LogP contribution in [0.2, 0.25) is 0 Å². The van der Waals surface area contributed by atoms with Gasteiger partial charge in [-0.2, -0.15) is 0 Å². The predicted octanol–water partition coefficient (Wildman–Crippen LogP) is 17.6. The zero-order chi connectivity index (χ0) is 43.4. The highest BCUT2D eigenvalue weighted by Crippen LogP contribution is 2.56. The molecule has 0 amide bonds. The van der Waals surface area contributed by atoms with Crippen molar-refractivity contribution in [2.45, 2.75) is 64.2 Å². The standard InChI is InChI=1S/C62H54N2/c1-5-61(6-2)56-26-16-14-24-52(56)54-39-37-49(41-58(54)61)63(50-38-40-55-53-25-15-17-27-57(53)62(7-3,8-4)59(55)42-50)47-33-29-43(30-34-47)44-31-35-48(36-32-44)64(46-21-10-9-11-22-46)60-28-18-20-45-19-12-13-23-51(45)60/h9-42H,5-8H2,1-4H3. The summed E-state index contributed by atoms with van der Waals surface area (Å²) in [4.78, 5) is 4.88. The second-order valence-electron chi connectivity index (χ2n) is 17.7. The van der Waals surface area contributed by atoms with Crippen molar-refractivity contribution >= 4 is 44.9 Å². The Balaban J connectivity index is 1.01. The molecule has 0 N–H and O–H groups in total. The number of benzene rings is 9. The van der Waals surface area contributed by atoms with E-state index in [0.29, 0.717) is 0 Å². The van der Waals surface area contributed by atoms with Gasteiger partial charge in [-0.15, -0.1) is 0 Å². The summed E-state index contributed by atoms with van der Waals surface area (Å²) in [6, 6.07) is 76.9. The molecule has 0 saturated heterocycles. The van der Waals surface area contributed by atoms with Crippen LogP contribution >= 0.6 is 0 Å². The Morgan fingerprint density at radius 1 is 0.312 bits per heavy atom. The zero-order valence-electron chi connectivity index (χ0n) is 37.4. The molecule has 0 radical (unpaired) electrons. The quantitative estimate of drug-likeness (QED) is 0.128. The molecule has 0 heterocycles. The van der Waals surface area contributed by atoms with Crippen molar-refractivity contribution < 1.29 is 0 Å². The predicted molar refractivity (Wildman–Crippen MR) is 272 cm³/mol. The molecule has 0 saturated carbocycles. The number of hydrogen-bond donors (Lipinski definition) is 0. The lowest BCUT2D eigenvalue weighted by atomic mass is 9.73. The van der Waals surface area contributed by atoms with Gasteiger partial charge in [0.2, 0.25) is 0 Å². The van der Waals surface area contributed by atoms with E-state index in [1.807, 2.05) is 0 Å². The minimum atomic E-state index is -0.0213. The number of hydrogen-bond acceptors (Lipinski definition) is 2. The fraction of sp³-hybridized carbons (Fsp3) is 0.161. The first-order chi connectivity index (χ1) is 31.5. The van der Waals surface area contributed by atoms with E-state index in [0.717, 1.165) is 48.4 Å². The van der Waals surface area contributed by atoms with Crippen LogP contribution in [0.1, 0.15) is 75.6 Å². The fourth-order valence-electron chi connectivity index (χ4n) is 11.6. The third kappa shape index (κ3) is 6.07. The van der Waals surface area contributed by atoms with Gasteiger partial charge in [-0.3, -0.25) is 0 Å². The molecule has 0 aliphatic heterocycles. The summed E-state index contributed by atoms with van der Waals surface area (Å²) < 4.78 is 0. The Hall–Kier alpha value is -7.16. The van der Waals surface area contributed by atoms with Crippen LogP contribution in [0, 0.1) is 0 Å². The minimum Gasteiger partial charge on any atom is -0.310 e. The molecule has 64 heavy (non-hydrogen) atoms. The van der Waals surface area contributed by atoms with E-state index in [4.69, 9.17) is 0 Å². The van der Waals surface area contributed by atoms with Crippen molar-refractivity contribution in [1.82, 2.24) is 0 Å². The van der Waals surface area contributed by atoms with Crippen molar-refractivity contribution in [3.8, 4) is 33.4 Å². The summed E-state index contributed by atoms with van der Waals surface area (Å²) in [6.07, 6.45) is 4.23. The normalized spacial score (nSPS) is 13.8. The molecule has 9 aromatic carbocycles. The van der Waals surface area contributed by atoms with Gasteiger partial charge in [0.25, 0.3) is 0 Å². The maximum absolute atomic E-state index is 2.51. The highest BCUT2D eigenvalue weighted by Gasteiger charge is 2.42. The average molecular weight is 827 g/mol. The van der Waals surface area contributed by atoms with E-state index < -0.39 is 0 Å². The monoisotopic (exact) mass is 826 g/mol. The lowest BCUT2D eigenvalue weighted by molar-refractivity contribution is 0.490. The molecule has 0 spiro atoms. The number of anilines is 6. The first-order valence-electron chi connectivity index (χ1n) is 23.3. The van der Waals surface area contributed by atoms with Gasteiger partial charge in [-0.05, 0) is 153 Å². The molecule has 0 atom stereocenters. The second kappa shape index (κ2) is 15.9. The summed E-state index contributed by atoms with van der Waals surface area (Å²) in [5.74, 6) is 0. The maximum Gasteiger partial charge on any atom is 0.0540 e. The third-order valence-electron chi connectivity index (χ3n) is 15.0. The van der Waals surface area contributed by atoms with Gasteiger partial charge in [0.15, 0.2) is 0 Å². The first kappa shape index (κ1) is 39.7. The fourth-order valence-corrected chi connectivity index (χ4v) is 11.6. The van der Waals surface area contributed by atoms with Crippen LogP contribution in [-0.4, -0.2) is 0 Å². The summed E-state index contributed by atoms with van der Waals surface area (Å²) in [5, 5.41) is 2.45. The Bertz CT molecular complexity index is 3040. The van der Waals surface area contributed by atoms with Crippen LogP contribution in [0.25, 0.3) is 44.2 Å². The number of fused-ring (bicyclic) bond motifs is 7. The van der Waals surface area contributed by atoms with Crippen LogP contribution in [0.3, 0.4) is 0 Å². The Labute approximate surface area is 379 Å². The van der Waals surface area contributed by atoms with Gasteiger partial charge in [-0.25, -0.2) is 0 Å². The molecule has 2 nitrogen and oxygen atoms in total. The molecule has 0 aromatic heterocycles. The van der Waals surface area contributed by atoms with Crippen LogP contribution in [0.4, 0.5) is 34.1 Å². The lowest BCUT2D eigenvalue weighted by Crippen LogP contribution is -2.24. The Kier molecular flexibility index (Phi) is 9.84. The molecule has 11 rings (SSSR count).